The molecule has 0 amide bonds. The van der Waals surface area contributed by atoms with Crippen LogP contribution in [0.25, 0.3) is 0 Å². The van der Waals surface area contributed by atoms with E-state index in [-0.39, 0.29) is 18.3 Å². The standard InChI is InChI=1S/C10H18O4/c1-6-4-13-8-5-12-7(2)14-10(8,3)9(6)11/h6-9,11H,4-5H2,1-3H3. The highest BCUT2D eigenvalue weighted by atomic mass is 16.7. The highest BCUT2D eigenvalue weighted by Gasteiger charge is 2.52. The predicted molar refractivity (Wildman–Crippen MR) is 49.8 cm³/mol. The van der Waals surface area contributed by atoms with Crippen LogP contribution in [0.1, 0.15) is 20.8 Å². The zero-order chi connectivity index (χ0) is 10.3. The molecule has 82 valence electrons. The SMILES string of the molecule is CC1OCC2OCC(C)C(O)C2(C)O1. The first-order valence-electron chi connectivity index (χ1n) is 5.13. The van der Waals surface area contributed by atoms with Crippen LogP contribution < -0.4 is 0 Å². The van der Waals surface area contributed by atoms with Gasteiger partial charge in [0.2, 0.25) is 0 Å². The van der Waals surface area contributed by atoms with Crippen LogP contribution in [0.15, 0.2) is 0 Å². The van der Waals surface area contributed by atoms with Gasteiger partial charge in [0.15, 0.2) is 6.29 Å². The molecule has 2 aliphatic rings. The van der Waals surface area contributed by atoms with Crippen molar-refractivity contribution in [2.24, 2.45) is 5.92 Å². The first kappa shape index (κ1) is 10.4. The van der Waals surface area contributed by atoms with E-state index in [9.17, 15) is 5.11 Å². The van der Waals surface area contributed by atoms with E-state index >= 15 is 0 Å². The summed E-state index contributed by atoms with van der Waals surface area (Å²) < 4.78 is 16.6. The summed E-state index contributed by atoms with van der Waals surface area (Å²) in [5.74, 6) is 0.113. The van der Waals surface area contributed by atoms with E-state index in [0.717, 1.165) is 0 Å². The van der Waals surface area contributed by atoms with Gasteiger partial charge in [-0.25, -0.2) is 0 Å². The number of hydrogen-bond acceptors (Lipinski definition) is 4. The summed E-state index contributed by atoms with van der Waals surface area (Å²) in [4.78, 5) is 0. The van der Waals surface area contributed by atoms with Gasteiger partial charge >= 0.3 is 0 Å². The average molecular weight is 202 g/mol. The van der Waals surface area contributed by atoms with Gasteiger partial charge in [-0.1, -0.05) is 6.92 Å². The molecule has 0 bridgehead atoms. The molecular weight excluding hydrogens is 184 g/mol. The maximum Gasteiger partial charge on any atom is 0.155 e. The molecule has 5 unspecified atom stereocenters. The van der Waals surface area contributed by atoms with Gasteiger partial charge in [0.1, 0.15) is 11.7 Å². The molecule has 2 rings (SSSR count). The van der Waals surface area contributed by atoms with Crippen molar-refractivity contribution in [1.29, 1.82) is 0 Å². The van der Waals surface area contributed by atoms with E-state index in [2.05, 4.69) is 0 Å². The Bertz CT molecular complexity index is 214. The zero-order valence-corrected chi connectivity index (χ0v) is 8.90. The van der Waals surface area contributed by atoms with Gasteiger partial charge in [-0.3, -0.25) is 0 Å². The van der Waals surface area contributed by atoms with Crippen molar-refractivity contribution < 1.29 is 19.3 Å². The number of aliphatic hydroxyl groups is 1. The minimum Gasteiger partial charge on any atom is -0.390 e. The third-order valence-electron chi connectivity index (χ3n) is 3.23. The second-order valence-electron chi connectivity index (χ2n) is 4.45. The van der Waals surface area contributed by atoms with Crippen molar-refractivity contribution in [3.8, 4) is 0 Å². The van der Waals surface area contributed by atoms with Gasteiger partial charge in [-0.15, -0.1) is 0 Å². The first-order chi connectivity index (χ1) is 6.54. The van der Waals surface area contributed by atoms with E-state index in [0.29, 0.717) is 13.2 Å². The van der Waals surface area contributed by atoms with Gasteiger partial charge < -0.3 is 19.3 Å². The molecule has 0 saturated carbocycles. The molecule has 2 fully saturated rings. The second-order valence-corrected chi connectivity index (χ2v) is 4.45. The smallest absolute Gasteiger partial charge is 0.155 e. The molecular formula is C10H18O4. The maximum atomic E-state index is 10.1. The van der Waals surface area contributed by atoms with Crippen molar-refractivity contribution in [2.75, 3.05) is 13.2 Å². The lowest BCUT2D eigenvalue weighted by Crippen LogP contribution is -2.65. The van der Waals surface area contributed by atoms with Crippen molar-refractivity contribution in [3.63, 3.8) is 0 Å². The molecule has 0 radical (unpaired) electrons. The molecule has 0 aromatic heterocycles. The van der Waals surface area contributed by atoms with Crippen LogP contribution in [0.2, 0.25) is 0 Å². The molecule has 4 heteroatoms. The third-order valence-corrected chi connectivity index (χ3v) is 3.23. The number of hydrogen-bond donors (Lipinski definition) is 1. The molecule has 5 atom stereocenters. The van der Waals surface area contributed by atoms with Crippen LogP contribution in [-0.4, -0.2) is 42.4 Å². The Kier molecular flexibility index (Phi) is 2.55. The predicted octanol–water partition coefficient (Wildman–Crippen LogP) is 0.534. The van der Waals surface area contributed by atoms with Crippen molar-refractivity contribution >= 4 is 0 Å². The van der Waals surface area contributed by atoms with Gasteiger partial charge in [-0.2, -0.15) is 0 Å². The van der Waals surface area contributed by atoms with E-state index < -0.39 is 11.7 Å². The third kappa shape index (κ3) is 1.46. The normalized spacial score (nSPS) is 54.0. The average Bonchev–Trinajstić information content (AvgIpc) is 2.13. The molecule has 0 spiro atoms. The lowest BCUT2D eigenvalue weighted by atomic mass is 9.82. The Labute approximate surface area is 84.1 Å². The minimum atomic E-state index is -0.616. The molecule has 14 heavy (non-hydrogen) atoms. The second kappa shape index (κ2) is 3.45. The zero-order valence-electron chi connectivity index (χ0n) is 8.90. The fourth-order valence-corrected chi connectivity index (χ4v) is 2.25. The van der Waals surface area contributed by atoms with Crippen molar-refractivity contribution in [3.05, 3.63) is 0 Å². The van der Waals surface area contributed by atoms with Crippen LogP contribution in [0.5, 0.6) is 0 Å². The Hall–Kier alpha value is -0.160. The largest absolute Gasteiger partial charge is 0.390 e. The number of fused-ring (bicyclic) bond motifs is 1. The number of ether oxygens (including phenoxy) is 3. The van der Waals surface area contributed by atoms with Crippen LogP contribution in [0, 0.1) is 5.92 Å². The molecule has 2 heterocycles. The van der Waals surface area contributed by atoms with Crippen LogP contribution >= 0.6 is 0 Å². The molecule has 0 aromatic rings. The lowest BCUT2D eigenvalue weighted by molar-refractivity contribution is -0.340. The first-order valence-corrected chi connectivity index (χ1v) is 5.13. The van der Waals surface area contributed by atoms with Crippen molar-refractivity contribution in [1.82, 2.24) is 0 Å². The molecule has 2 saturated heterocycles. The highest BCUT2D eigenvalue weighted by molar-refractivity contribution is 4.99. The Morgan fingerprint density at radius 2 is 1.93 bits per heavy atom. The van der Waals surface area contributed by atoms with E-state index in [1.54, 1.807) is 0 Å². The number of rotatable bonds is 0. The monoisotopic (exact) mass is 202 g/mol. The summed E-state index contributed by atoms with van der Waals surface area (Å²) in [6, 6.07) is 0. The van der Waals surface area contributed by atoms with Gasteiger partial charge in [-0.05, 0) is 13.8 Å². The van der Waals surface area contributed by atoms with E-state index in [1.807, 2.05) is 20.8 Å². The summed E-state index contributed by atoms with van der Waals surface area (Å²) in [5, 5.41) is 10.1. The Balaban J connectivity index is 2.18. The maximum absolute atomic E-state index is 10.1. The van der Waals surface area contributed by atoms with Crippen LogP contribution in [-0.2, 0) is 14.2 Å². The lowest BCUT2D eigenvalue weighted by Gasteiger charge is -2.50. The molecule has 0 aliphatic carbocycles. The van der Waals surface area contributed by atoms with Gasteiger partial charge in [0.25, 0.3) is 0 Å². The highest BCUT2D eigenvalue weighted by Crippen LogP contribution is 2.36. The van der Waals surface area contributed by atoms with Gasteiger partial charge in [0, 0.05) is 5.92 Å². The minimum absolute atomic E-state index is 0.113. The fraction of sp³-hybridized carbons (Fsp3) is 1.00. The van der Waals surface area contributed by atoms with Crippen molar-refractivity contribution in [2.45, 2.75) is 44.9 Å². The topological polar surface area (TPSA) is 47.9 Å². The van der Waals surface area contributed by atoms with Crippen LogP contribution in [0.3, 0.4) is 0 Å². The van der Waals surface area contributed by atoms with E-state index in [4.69, 9.17) is 14.2 Å². The number of aliphatic hydroxyl groups excluding tert-OH is 1. The molecule has 2 aliphatic heterocycles. The molecule has 0 aromatic carbocycles. The summed E-state index contributed by atoms with van der Waals surface area (Å²) in [5.41, 5.74) is -0.616. The summed E-state index contributed by atoms with van der Waals surface area (Å²) in [7, 11) is 0. The summed E-state index contributed by atoms with van der Waals surface area (Å²) in [6.45, 7) is 6.78. The van der Waals surface area contributed by atoms with Crippen LogP contribution in [0.4, 0.5) is 0 Å². The molecule has 4 nitrogen and oxygen atoms in total. The Morgan fingerprint density at radius 3 is 2.64 bits per heavy atom. The quantitative estimate of drug-likeness (QED) is 0.622. The van der Waals surface area contributed by atoms with E-state index in [1.165, 1.54) is 0 Å². The summed E-state index contributed by atoms with van der Waals surface area (Å²) >= 11 is 0. The Morgan fingerprint density at radius 1 is 1.21 bits per heavy atom. The molecule has 1 N–H and O–H groups in total. The fourth-order valence-electron chi connectivity index (χ4n) is 2.25. The summed E-state index contributed by atoms with van der Waals surface area (Å²) in [6.07, 6.45) is -0.891. The van der Waals surface area contributed by atoms with Gasteiger partial charge in [0.05, 0.1) is 19.3 Å².